The molecule has 0 aliphatic rings. The predicted molar refractivity (Wildman–Crippen MR) is 78.4 cm³/mol. The third-order valence-electron chi connectivity index (χ3n) is 2.19. The van der Waals surface area contributed by atoms with Crippen LogP contribution in [-0.4, -0.2) is 43.7 Å². The van der Waals surface area contributed by atoms with Crippen LogP contribution in [0.5, 0.6) is 0 Å². The first-order valence-electron chi connectivity index (χ1n) is 6.52. The second-order valence-electron chi connectivity index (χ2n) is 5.37. The molecule has 114 valence electrons. The van der Waals surface area contributed by atoms with E-state index in [9.17, 15) is 4.79 Å². The first kappa shape index (κ1) is 18.5. The number of nitrogens with one attached hydrogen (secondary N) is 1. The summed E-state index contributed by atoms with van der Waals surface area (Å²) < 4.78 is 16.0. The molecule has 5 heteroatoms. The maximum atomic E-state index is 11.7. The zero-order valence-corrected chi connectivity index (χ0v) is 12.8. The summed E-state index contributed by atoms with van der Waals surface area (Å²) in [5.74, 6) is 2.37. The van der Waals surface area contributed by atoms with Crippen molar-refractivity contribution < 1.29 is 19.0 Å². The van der Waals surface area contributed by atoms with E-state index in [0.29, 0.717) is 6.61 Å². The Morgan fingerprint density at radius 1 is 1.50 bits per heavy atom. The molecule has 0 aromatic carbocycles. The number of carbonyl (C=O) groups excluding carboxylic acids is 1. The molecule has 0 radical (unpaired) electrons. The quantitative estimate of drug-likeness (QED) is 0.421. The van der Waals surface area contributed by atoms with E-state index in [1.54, 1.807) is 13.0 Å². The van der Waals surface area contributed by atoms with Gasteiger partial charge in [0.25, 0.3) is 0 Å². The van der Waals surface area contributed by atoms with Gasteiger partial charge in [-0.25, -0.2) is 4.79 Å². The Morgan fingerprint density at radius 3 is 2.65 bits per heavy atom. The summed E-state index contributed by atoms with van der Waals surface area (Å²) in [5, 5.41) is 2.72. The molecule has 0 heterocycles. The maximum absolute atomic E-state index is 11.7. The van der Waals surface area contributed by atoms with Crippen LogP contribution < -0.4 is 5.32 Å². The molecule has 2 atom stereocenters. The molecule has 0 bridgehead atoms. The lowest BCUT2D eigenvalue weighted by Gasteiger charge is -2.26. The molecule has 5 nitrogen and oxygen atoms in total. The number of hydrogen-bond donors (Lipinski definition) is 1. The Hall–Kier alpha value is -1.51. The van der Waals surface area contributed by atoms with Gasteiger partial charge < -0.3 is 19.5 Å². The van der Waals surface area contributed by atoms with Gasteiger partial charge in [-0.1, -0.05) is 12.0 Å². The second-order valence-corrected chi connectivity index (χ2v) is 5.37. The Labute approximate surface area is 121 Å². The summed E-state index contributed by atoms with van der Waals surface area (Å²) in [6, 6.07) is 0. The molecule has 0 fully saturated rings. The molecule has 0 aromatic heterocycles. The van der Waals surface area contributed by atoms with Crippen molar-refractivity contribution in [3.05, 3.63) is 12.7 Å². The summed E-state index contributed by atoms with van der Waals surface area (Å²) in [5.41, 5.74) is -0.353. The lowest BCUT2D eigenvalue weighted by Crippen LogP contribution is -2.44. The first-order valence-corrected chi connectivity index (χ1v) is 6.52. The number of carbonyl (C=O) groups is 1. The van der Waals surface area contributed by atoms with Crippen molar-refractivity contribution in [2.45, 2.75) is 45.4 Å². The second kappa shape index (κ2) is 9.40. The zero-order valence-electron chi connectivity index (χ0n) is 12.8. The molecule has 1 amide bonds. The molecular weight excluding hydrogens is 258 g/mol. The molecular formula is C15H25NO4. The highest BCUT2D eigenvalue weighted by molar-refractivity contribution is 5.68. The SMILES string of the molecule is C#CCOCC(OCC=C)C(C)OC(=O)NC(C)(C)C. The minimum absolute atomic E-state index is 0.189. The topological polar surface area (TPSA) is 56.8 Å². The lowest BCUT2D eigenvalue weighted by molar-refractivity contribution is -0.0651. The Bertz CT molecular complexity index is 341. The van der Waals surface area contributed by atoms with Crippen LogP contribution in [-0.2, 0) is 14.2 Å². The van der Waals surface area contributed by atoms with E-state index in [1.807, 2.05) is 20.8 Å². The molecule has 2 unspecified atom stereocenters. The normalized spacial score (nSPS) is 13.9. The standard InChI is InChI=1S/C15H25NO4/c1-7-9-18-11-13(19-10-8-2)12(3)20-14(17)16-15(4,5)6/h1,8,12-13H,2,9-11H2,3-6H3,(H,16,17). The van der Waals surface area contributed by atoms with Crippen LogP contribution in [0.4, 0.5) is 4.79 Å². The third-order valence-corrected chi connectivity index (χ3v) is 2.19. The van der Waals surface area contributed by atoms with Gasteiger partial charge in [0.1, 0.15) is 18.8 Å². The van der Waals surface area contributed by atoms with Crippen LogP contribution in [0.15, 0.2) is 12.7 Å². The van der Waals surface area contributed by atoms with E-state index in [-0.39, 0.29) is 18.8 Å². The van der Waals surface area contributed by atoms with Crippen molar-refractivity contribution >= 4 is 6.09 Å². The molecule has 0 aromatic rings. The summed E-state index contributed by atoms with van der Waals surface area (Å²) >= 11 is 0. The van der Waals surface area contributed by atoms with Gasteiger partial charge in [-0.3, -0.25) is 0 Å². The fraction of sp³-hybridized carbons (Fsp3) is 0.667. The molecule has 20 heavy (non-hydrogen) atoms. The smallest absolute Gasteiger partial charge is 0.407 e. The Balaban J connectivity index is 4.37. The van der Waals surface area contributed by atoms with E-state index < -0.39 is 18.3 Å². The van der Waals surface area contributed by atoms with E-state index in [1.165, 1.54) is 0 Å². The van der Waals surface area contributed by atoms with Gasteiger partial charge in [-0.15, -0.1) is 13.0 Å². The van der Waals surface area contributed by atoms with Crippen molar-refractivity contribution in [1.82, 2.24) is 5.32 Å². The van der Waals surface area contributed by atoms with Gasteiger partial charge in [0.15, 0.2) is 0 Å². The minimum atomic E-state index is -0.492. The molecule has 0 aliphatic carbocycles. The zero-order chi connectivity index (χ0) is 15.6. The van der Waals surface area contributed by atoms with Crippen molar-refractivity contribution in [3.63, 3.8) is 0 Å². The highest BCUT2D eigenvalue weighted by Gasteiger charge is 2.23. The van der Waals surface area contributed by atoms with E-state index in [2.05, 4.69) is 17.8 Å². The molecule has 1 N–H and O–H groups in total. The molecule has 0 saturated heterocycles. The van der Waals surface area contributed by atoms with Gasteiger partial charge in [-0.05, 0) is 27.7 Å². The summed E-state index contributed by atoms with van der Waals surface area (Å²) in [6.45, 7) is 11.7. The van der Waals surface area contributed by atoms with E-state index in [0.717, 1.165) is 0 Å². The number of hydrogen-bond acceptors (Lipinski definition) is 4. The average molecular weight is 283 g/mol. The van der Waals surface area contributed by atoms with Crippen molar-refractivity contribution in [2.24, 2.45) is 0 Å². The number of alkyl carbamates (subject to hydrolysis) is 1. The summed E-state index contributed by atoms with van der Waals surface area (Å²) in [7, 11) is 0. The third kappa shape index (κ3) is 9.42. The molecule has 0 spiro atoms. The minimum Gasteiger partial charge on any atom is -0.444 e. The van der Waals surface area contributed by atoms with Crippen molar-refractivity contribution in [2.75, 3.05) is 19.8 Å². The molecule has 0 rings (SSSR count). The van der Waals surface area contributed by atoms with Gasteiger partial charge in [0.05, 0.1) is 13.2 Å². The molecule has 0 saturated carbocycles. The van der Waals surface area contributed by atoms with Crippen LogP contribution in [0.3, 0.4) is 0 Å². The first-order chi connectivity index (χ1) is 9.30. The van der Waals surface area contributed by atoms with Crippen molar-refractivity contribution in [3.8, 4) is 12.3 Å². The van der Waals surface area contributed by atoms with E-state index in [4.69, 9.17) is 20.6 Å². The van der Waals surface area contributed by atoms with Crippen LogP contribution in [0, 0.1) is 12.3 Å². The number of rotatable bonds is 8. The fourth-order valence-corrected chi connectivity index (χ4v) is 1.33. The van der Waals surface area contributed by atoms with Gasteiger partial charge >= 0.3 is 6.09 Å². The predicted octanol–water partition coefficient (Wildman–Crippen LogP) is 2.12. The Morgan fingerprint density at radius 2 is 2.15 bits per heavy atom. The summed E-state index contributed by atoms with van der Waals surface area (Å²) in [6.07, 6.45) is 5.38. The fourth-order valence-electron chi connectivity index (χ4n) is 1.33. The van der Waals surface area contributed by atoms with Crippen LogP contribution in [0.1, 0.15) is 27.7 Å². The number of amides is 1. The van der Waals surface area contributed by atoms with Crippen LogP contribution >= 0.6 is 0 Å². The largest absolute Gasteiger partial charge is 0.444 e. The monoisotopic (exact) mass is 283 g/mol. The van der Waals surface area contributed by atoms with Crippen LogP contribution in [0.25, 0.3) is 0 Å². The number of terminal acetylenes is 1. The highest BCUT2D eigenvalue weighted by atomic mass is 16.6. The summed E-state index contributed by atoms with van der Waals surface area (Å²) in [4.78, 5) is 11.7. The van der Waals surface area contributed by atoms with Gasteiger partial charge in [-0.2, -0.15) is 0 Å². The number of ether oxygens (including phenoxy) is 3. The van der Waals surface area contributed by atoms with Gasteiger partial charge in [0, 0.05) is 5.54 Å². The lowest BCUT2D eigenvalue weighted by atomic mass is 10.1. The highest BCUT2D eigenvalue weighted by Crippen LogP contribution is 2.07. The Kier molecular flexibility index (Phi) is 8.69. The molecule has 0 aliphatic heterocycles. The van der Waals surface area contributed by atoms with Gasteiger partial charge in [0.2, 0.25) is 0 Å². The van der Waals surface area contributed by atoms with E-state index >= 15 is 0 Å². The average Bonchev–Trinajstić information content (AvgIpc) is 2.30. The van der Waals surface area contributed by atoms with Crippen LogP contribution in [0.2, 0.25) is 0 Å². The maximum Gasteiger partial charge on any atom is 0.407 e. The van der Waals surface area contributed by atoms with Crippen molar-refractivity contribution in [1.29, 1.82) is 0 Å².